The molecule has 6 nitrogen and oxygen atoms in total. The number of benzene rings is 3. The summed E-state index contributed by atoms with van der Waals surface area (Å²) in [7, 11) is 1.58. The maximum Gasteiger partial charge on any atom is 0.275 e. The van der Waals surface area contributed by atoms with Crippen LogP contribution in [0.15, 0.2) is 76.3 Å². The van der Waals surface area contributed by atoms with E-state index in [2.05, 4.69) is 26.5 Å². The quantitative estimate of drug-likeness (QED) is 0.336. The van der Waals surface area contributed by atoms with Gasteiger partial charge in [-0.05, 0) is 54.4 Å². The van der Waals surface area contributed by atoms with E-state index in [1.165, 1.54) is 0 Å². The summed E-state index contributed by atoms with van der Waals surface area (Å²) in [6.45, 7) is 2.77. The summed E-state index contributed by atoms with van der Waals surface area (Å²) in [4.78, 5) is 12.5. The molecule has 0 unspecified atom stereocenters. The number of nitrogens with zero attached hydrogens (tertiary/aromatic N) is 1. The van der Waals surface area contributed by atoms with E-state index in [-0.39, 0.29) is 5.91 Å². The van der Waals surface area contributed by atoms with E-state index >= 15 is 0 Å². The van der Waals surface area contributed by atoms with Crippen LogP contribution >= 0.6 is 15.9 Å². The normalized spacial score (nSPS) is 10.7. The molecule has 0 atom stereocenters. The predicted octanol–water partition coefficient (Wildman–Crippen LogP) is 5.20. The van der Waals surface area contributed by atoms with Crippen molar-refractivity contribution < 1.29 is 19.0 Å². The topological polar surface area (TPSA) is 69.2 Å². The van der Waals surface area contributed by atoms with Gasteiger partial charge >= 0.3 is 0 Å². The fourth-order valence-corrected chi connectivity index (χ4v) is 3.17. The molecule has 0 saturated carbocycles. The summed E-state index contributed by atoms with van der Waals surface area (Å²) < 4.78 is 17.6. The Morgan fingerprint density at radius 2 is 1.77 bits per heavy atom. The maximum atomic E-state index is 12.5. The molecule has 0 bridgehead atoms. The smallest absolute Gasteiger partial charge is 0.275 e. The van der Waals surface area contributed by atoms with Crippen molar-refractivity contribution in [3.05, 3.63) is 87.9 Å². The molecule has 0 saturated heterocycles. The van der Waals surface area contributed by atoms with Crippen LogP contribution in [0.1, 0.15) is 28.4 Å². The number of hydrazone groups is 1. The monoisotopic (exact) mass is 482 g/mol. The first-order valence-electron chi connectivity index (χ1n) is 9.71. The molecule has 3 rings (SSSR count). The Balaban J connectivity index is 1.66. The number of rotatable bonds is 9. The van der Waals surface area contributed by atoms with Crippen LogP contribution in [-0.2, 0) is 6.61 Å². The molecule has 0 radical (unpaired) electrons. The van der Waals surface area contributed by atoms with Crippen molar-refractivity contribution in [3.8, 4) is 17.2 Å². The zero-order valence-electron chi connectivity index (χ0n) is 17.3. The first kappa shape index (κ1) is 22.4. The number of carbonyl (C=O) groups is 1. The van der Waals surface area contributed by atoms with Crippen molar-refractivity contribution in [2.45, 2.75) is 13.5 Å². The third kappa shape index (κ3) is 6.33. The summed E-state index contributed by atoms with van der Waals surface area (Å²) in [6.07, 6.45) is 1.54. The second-order valence-electron chi connectivity index (χ2n) is 6.46. The molecule has 0 aliphatic heterocycles. The average molecular weight is 483 g/mol. The minimum absolute atomic E-state index is 0.365. The molecular formula is C24H23BrN2O4. The lowest BCUT2D eigenvalue weighted by molar-refractivity contribution is 0.0951. The van der Waals surface area contributed by atoms with Crippen molar-refractivity contribution in [2.24, 2.45) is 5.10 Å². The highest BCUT2D eigenvalue weighted by Gasteiger charge is 2.12. The highest BCUT2D eigenvalue weighted by atomic mass is 79.9. The first-order chi connectivity index (χ1) is 15.1. The number of methoxy groups -OCH3 is 1. The van der Waals surface area contributed by atoms with Crippen LogP contribution in [0.2, 0.25) is 0 Å². The Labute approximate surface area is 190 Å². The van der Waals surface area contributed by atoms with Gasteiger partial charge in [0, 0.05) is 4.47 Å². The largest absolute Gasteiger partial charge is 0.493 e. The second-order valence-corrected chi connectivity index (χ2v) is 7.37. The van der Waals surface area contributed by atoms with Crippen LogP contribution in [-0.4, -0.2) is 25.8 Å². The van der Waals surface area contributed by atoms with E-state index in [9.17, 15) is 4.79 Å². The Hall–Kier alpha value is -3.32. The summed E-state index contributed by atoms with van der Waals surface area (Å²) in [5.74, 6) is 1.34. The van der Waals surface area contributed by atoms with E-state index in [1.54, 1.807) is 31.5 Å². The third-order valence-electron chi connectivity index (χ3n) is 4.29. The van der Waals surface area contributed by atoms with E-state index < -0.39 is 0 Å². The molecule has 3 aromatic rings. The number of hydrogen-bond acceptors (Lipinski definition) is 5. The van der Waals surface area contributed by atoms with Crippen molar-refractivity contribution in [3.63, 3.8) is 0 Å². The van der Waals surface area contributed by atoms with E-state index in [0.29, 0.717) is 36.0 Å². The standard InChI is InChI=1S/C24H23BrN2O4/c1-3-30-21-12-10-19(25)14-20(21)24(28)27-26-15-18-9-11-22(23(13-18)29-2)31-16-17-7-5-4-6-8-17/h4-15H,3,16H2,1-2H3,(H,27,28). The molecule has 31 heavy (non-hydrogen) atoms. The van der Waals surface area contributed by atoms with Gasteiger partial charge in [0.2, 0.25) is 0 Å². The van der Waals surface area contributed by atoms with E-state index in [1.807, 2.05) is 55.5 Å². The third-order valence-corrected chi connectivity index (χ3v) is 4.78. The van der Waals surface area contributed by atoms with Gasteiger partial charge in [0.25, 0.3) is 5.91 Å². The lowest BCUT2D eigenvalue weighted by atomic mass is 10.2. The molecule has 1 N–H and O–H groups in total. The molecule has 0 aliphatic carbocycles. The number of ether oxygens (including phenoxy) is 3. The van der Waals surface area contributed by atoms with Gasteiger partial charge in [-0.1, -0.05) is 46.3 Å². The average Bonchev–Trinajstić information content (AvgIpc) is 2.80. The Morgan fingerprint density at radius 1 is 1.00 bits per heavy atom. The maximum absolute atomic E-state index is 12.5. The van der Waals surface area contributed by atoms with Crippen LogP contribution in [0, 0.1) is 0 Å². The zero-order chi connectivity index (χ0) is 22.1. The van der Waals surface area contributed by atoms with Crippen LogP contribution in [0.4, 0.5) is 0 Å². The number of carbonyl (C=O) groups excluding carboxylic acids is 1. The molecule has 3 aromatic carbocycles. The minimum Gasteiger partial charge on any atom is -0.493 e. The second kappa shape index (κ2) is 11.2. The molecule has 160 valence electrons. The Kier molecular flexibility index (Phi) is 8.06. The summed E-state index contributed by atoms with van der Waals surface area (Å²) >= 11 is 3.37. The molecule has 7 heteroatoms. The fourth-order valence-electron chi connectivity index (χ4n) is 2.81. The van der Waals surface area contributed by atoms with Crippen LogP contribution < -0.4 is 19.6 Å². The lowest BCUT2D eigenvalue weighted by Crippen LogP contribution is -2.18. The SMILES string of the molecule is CCOc1ccc(Br)cc1C(=O)NN=Cc1ccc(OCc2ccccc2)c(OC)c1. The molecule has 0 fully saturated rings. The highest BCUT2D eigenvalue weighted by molar-refractivity contribution is 9.10. The van der Waals surface area contributed by atoms with Crippen LogP contribution in [0.25, 0.3) is 0 Å². The minimum atomic E-state index is -0.365. The van der Waals surface area contributed by atoms with Gasteiger partial charge in [-0.3, -0.25) is 4.79 Å². The summed E-state index contributed by atoms with van der Waals surface area (Å²) in [5.41, 5.74) is 4.75. The van der Waals surface area contributed by atoms with Crippen molar-refractivity contribution in [1.82, 2.24) is 5.43 Å². The molecule has 1 amide bonds. The molecular weight excluding hydrogens is 460 g/mol. The number of hydrogen-bond donors (Lipinski definition) is 1. The van der Waals surface area contributed by atoms with Crippen LogP contribution in [0.3, 0.4) is 0 Å². The van der Waals surface area contributed by atoms with Gasteiger partial charge in [0.15, 0.2) is 11.5 Å². The molecule has 0 aliphatic rings. The lowest BCUT2D eigenvalue weighted by Gasteiger charge is -2.11. The van der Waals surface area contributed by atoms with E-state index in [4.69, 9.17) is 14.2 Å². The van der Waals surface area contributed by atoms with Gasteiger partial charge in [0.05, 0.1) is 25.5 Å². The van der Waals surface area contributed by atoms with Crippen molar-refractivity contribution in [2.75, 3.05) is 13.7 Å². The van der Waals surface area contributed by atoms with Gasteiger partial charge in [-0.2, -0.15) is 5.10 Å². The fraction of sp³-hybridized carbons (Fsp3) is 0.167. The molecule has 0 aromatic heterocycles. The zero-order valence-corrected chi connectivity index (χ0v) is 18.9. The molecule has 0 heterocycles. The van der Waals surface area contributed by atoms with Gasteiger partial charge in [-0.25, -0.2) is 5.43 Å². The molecule has 0 spiro atoms. The van der Waals surface area contributed by atoms with Crippen LogP contribution in [0.5, 0.6) is 17.2 Å². The van der Waals surface area contributed by atoms with Gasteiger partial charge in [0.1, 0.15) is 12.4 Å². The number of amides is 1. The first-order valence-corrected chi connectivity index (χ1v) is 10.5. The van der Waals surface area contributed by atoms with Gasteiger partial charge in [-0.15, -0.1) is 0 Å². The Bertz CT molecular complexity index is 1050. The van der Waals surface area contributed by atoms with Crippen molar-refractivity contribution in [1.29, 1.82) is 0 Å². The Morgan fingerprint density at radius 3 is 2.52 bits per heavy atom. The van der Waals surface area contributed by atoms with Crippen molar-refractivity contribution >= 4 is 28.1 Å². The number of halogens is 1. The number of nitrogens with one attached hydrogen (secondary N) is 1. The summed E-state index contributed by atoms with van der Waals surface area (Å²) in [6, 6.07) is 20.6. The highest BCUT2D eigenvalue weighted by Crippen LogP contribution is 2.28. The van der Waals surface area contributed by atoms with Gasteiger partial charge < -0.3 is 14.2 Å². The van der Waals surface area contributed by atoms with E-state index in [0.717, 1.165) is 15.6 Å². The predicted molar refractivity (Wildman–Crippen MR) is 124 cm³/mol. The summed E-state index contributed by atoms with van der Waals surface area (Å²) in [5, 5.41) is 4.06.